The lowest BCUT2D eigenvalue weighted by Crippen LogP contribution is -2.61. The number of benzene rings is 1. The minimum absolute atomic E-state index is 0.138. The predicted molar refractivity (Wildman–Crippen MR) is 86.6 cm³/mol. The van der Waals surface area contributed by atoms with Crippen molar-refractivity contribution in [3.8, 4) is 0 Å². The molecule has 1 nitrogen and oxygen atoms in total. The van der Waals surface area contributed by atoms with Gasteiger partial charge in [0, 0.05) is 5.41 Å². The van der Waals surface area contributed by atoms with Gasteiger partial charge in [-0.15, -0.1) is 0 Å². The summed E-state index contributed by atoms with van der Waals surface area (Å²) in [6.45, 7) is 2.47. The maximum absolute atomic E-state index is 6.22. The topological polar surface area (TPSA) is 26.0 Å². The average molecular weight is 285 g/mol. The highest BCUT2D eigenvalue weighted by Crippen LogP contribution is 2.70. The summed E-state index contributed by atoms with van der Waals surface area (Å²) < 4.78 is 0. The van der Waals surface area contributed by atoms with Crippen molar-refractivity contribution in [1.29, 1.82) is 0 Å². The molecule has 0 aliphatic heterocycles. The Hall–Kier alpha value is -0.890. The van der Waals surface area contributed by atoms with Crippen LogP contribution in [0.15, 0.2) is 30.3 Å². The lowest BCUT2D eigenvalue weighted by atomic mass is 9.39. The summed E-state index contributed by atoms with van der Waals surface area (Å²) in [6, 6.07) is 11.1. The maximum atomic E-state index is 6.22. The lowest BCUT2D eigenvalue weighted by molar-refractivity contribution is -0.0864. The largest absolute Gasteiger partial charge is 0.393 e. The lowest BCUT2D eigenvalue weighted by Gasteiger charge is -2.66. The number of rotatable bonds is 2. The summed E-state index contributed by atoms with van der Waals surface area (Å²) in [5.74, 6) is 0.818. The van der Waals surface area contributed by atoms with Crippen molar-refractivity contribution >= 4 is 17.2 Å². The van der Waals surface area contributed by atoms with E-state index < -0.39 is 0 Å². The molecule has 4 saturated carbocycles. The second-order valence-electron chi connectivity index (χ2n) is 8.11. The van der Waals surface area contributed by atoms with E-state index >= 15 is 0 Å². The van der Waals surface area contributed by atoms with E-state index in [-0.39, 0.29) is 5.41 Å². The van der Waals surface area contributed by atoms with Crippen LogP contribution in [0.25, 0.3) is 0 Å². The number of hydrogen-bond acceptors (Lipinski definition) is 1. The maximum Gasteiger partial charge on any atom is 0.0790 e. The fourth-order valence-corrected chi connectivity index (χ4v) is 6.54. The molecule has 0 saturated heterocycles. The molecule has 2 unspecified atom stereocenters. The highest BCUT2D eigenvalue weighted by Gasteiger charge is 2.63. The van der Waals surface area contributed by atoms with Crippen LogP contribution in [0.5, 0.6) is 0 Å². The summed E-state index contributed by atoms with van der Waals surface area (Å²) in [6.07, 6.45) is 7.70. The van der Waals surface area contributed by atoms with E-state index in [0.717, 1.165) is 10.9 Å². The van der Waals surface area contributed by atoms with Crippen molar-refractivity contribution in [3.05, 3.63) is 35.9 Å². The van der Waals surface area contributed by atoms with Gasteiger partial charge in [-0.1, -0.05) is 49.5 Å². The van der Waals surface area contributed by atoms with Crippen LogP contribution in [0.2, 0.25) is 0 Å². The zero-order chi connectivity index (χ0) is 14.0. The van der Waals surface area contributed by atoms with Crippen LogP contribution in [-0.4, -0.2) is 4.99 Å². The molecule has 2 N–H and O–H groups in total. The van der Waals surface area contributed by atoms with E-state index in [0.29, 0.717) is 10.8 Å². The highest BCUT2D eigenvalue weighted by atomic mass is 32.1. The molecule has 0 amide bonds. The van der Waals surface area contributed by atoms with E-state index in [1.54, 1.807) is 0 Å². The second-order valence-corrected chi connectivity index (χ2v) is 8.55. The van der Waals surface area contributed by atoms with Gasteiger partial charge in [-0.2, -0.15) is 0 Å². The highest BCUT2D eigenvalue weighted by molar-refractivity contribution is 7.80. The van der Waals surface area contributed by atoms with Gasteiger partial charge in [-0.3, -0.25) is 0 Å². The second kappa shape index (κ2) is 3.85. The average Bonchev–Trinajstić information content (AvgIpc) is 2.37. The summed E-state index contributed by atoms with van der Waals surface area (Å²) in [5.41, 5.74) is 8.66. The van der Waals surface area contributed by atoms with E-state index in [2.05, 4.69) is 37.3 Å². The van der Waals surface area contributed by atoms with Crippen molar-refractivity contribution in [3.63, 3.8) is 0 Å². The van der Waals surface area contributed by atoms with Gasteiger partial charge in [0.2, 0.25) is 0 Å². The van der Waals surface area contributed by atoms with Crippen LogP contribution < -0.4 is 5.73 Å². The van der Waals surface area contributed by atoms with E-state index in [1.807, 2.05) is 0 Å². The van der Waals surface area contributed by atoms with Gasteiger partial charge in [0.05, 0.1) is 4.99 Å². The van der Waals surface area contributed by atoms with Crippen LogP contribution in [0, 0.1) is 16.7 Å². The molecular formula is C18H23NS. The molecule has 0 radical (unpaired) electrons. The Balaban J connectivity index is 1.85. The molecule has 1 aromatic carbocycles. The van der Waals surface area contributed by atoms with Crippen molar-refractivity contribution in [2.24, 2.45) is 22.5 Å². The molecule has 4 atom stereocenters. The molecule has 1 aromatic rings. The molecule has 5 rings (SSSR count). The van der Waals surface area contributed by atoms with E-state index in [4.69, 9.17) is 18.0 Å². The van der Waals surface area contributed by atoms with Crippen molar-refractivity contribution < 1.29 is 0 Å². The van der Waals surface area contributed by atoms with Crippen LogP contribution in [-0.2, 0) is 5.41 Å². The van der Waals surface area contributed by atoms with Gasteiger partial charge in [0.15, 0.2) is 0 Å². The number of hydrogen-bond donors (Lipinski definition) is 1. The monoisotopic (exact) mass is 285 g/mol. The molecule has 4 aliphatic carbocycles. The first-order valence-electron chi connectivity index (χ1n) is 7.81. The minimum atomic E-state index is 0.138. The molecular weight excluding hydrogens is 262 g/mol. The number of nitrogens with two attached hydrogens (primary N) is 1. The van der Waals surface area contributed by atoms with Gasteiger partial charge < -0.3 is 5.73 Å². The van der Waals surface area contributed by atoms with Crippen LogP contribution in [0.3, 0.4) is 0 Å². The fraction of sp³-hybridized carbons (Fsp3) is 0.611. The first-order valence-corrected chi connectivity index (χ1v) is 8.22. The predicted octanol–water partition coefficient (Wildman–Crippen LogP) is 4.20. The third kappa shape index (κ3) is 1.64. The Bertz CT molecular complexity index is 568. The third-order valence-electron chi connectivity index (χ3n) is 6.26. The van der Waals surface area contributed by atoms with Gasteiger partial charge in [-0.25, -0.2) is 0 Å². The Morgan fingerprint density at radius 1 is 1.10 bits per heavy atom. The third-order valence-corrected chi connectivity index (χ3v) is 6.69. The van der Waals surface area contributed by atoms with E-state index in [1.165, 1.54) is 44.1 Å². The smallest absolute Gasteiger partial charge is 0.0790 e. The molecule has 4 fully saturated rings. The van der Waals surface area contributed by atoms with Crippen molar-refractivity contribution in [1.82, 2.24) is 0 Å². The molecule has 4 bridgehead atoms. The standard InChI is InChI=1S/C18H23NS/c1-16-7-13-8-17(10-16,14-5-3-2-4-6-14)12-18(9-13,11-16)15(19)20/h2-6,13H,7-12H2,1H3,(H2,19,20)/t13?,16-,17-,18?/m0/s1. The van der Waals surface area contributed by atoms with Gasteiger partial charge in [0.25, 0.3) is 0 Å². The zero-order valence-electron chi connectivity index (χ0n) is 12.2. The van der Waals surface area contributed by atoms with Crippen molar-refractivity contribution in [2.75, 3.05) is 0 Å². The minimum Gasteiger partial charge on any atom is -0.393 e. The summed E-state index contributed by atoms with van der Waals surface area (Å²) in [5, 5.41) is 0. The summed E-state index contributed by atoms with van der Waals surface area (Å²) >= 11 is 5.51. The summed E-state index contributed by atoms with van der Waals surface area (Å²) in [4.78, 5) is 0.785. The Kier molecular flexibility index (Phi) is 2.47. The van der Waals surface area contributed by atoms with Gasteiger partial charge in [0.1, 0.15) is 0 Å². The van der Waals surface area contributed by atoms with E-state index in [9.17, 15) is 0 Å². The van der Waals surface area contributed by atoms with Crippen LogP contribution in [0.1, 0.15) is 51.0 Å². The van der Waals surface area contributed by atoms with Crippen molar-refractivity contribution in [2.45, 2.75) is 50.9 Å². The van der Waals surface area contributed by atoms with Gasteiger partial charge >= 0.3 is 0 Å². The van der Waals surface area contributed by atoms with Crippen LogP contribution >= 0.6 is 12.2 Å². The SMILES string of the molecule is C[C@@]12CC3CC(C(N)=S)(C1)C[C@](c1ccccc1)(C3)C2. The normalized spacial score (nSPS) is 45.5. The van der Waals surface area contributed by atoms with Crippen LogP contribution in [0.4, 0.5) is 0 Å². The molecule has 0 heterocycles. The molecule has 2 heteroatoms. The first kappa shape index (κ1) is 12.8. The quantitative estimate of drug-likeness (QED) is 0.824. The molecule has 0 spiro atoms. The Morgan fingerprint density at radius 2 is 1.85 bits per heavy atom. The van der Waals surface area contributed by atoms with Gasteiger partial charge in [-0.05, 0) is 60.8 Å². The summed E-state index contributed by atoms with van der Waals surface area (Å²) in [7, 11) is 0. The Morgan fingerprint density at radius 3 is 2.50 bits per heavy atom. The molecule has 4 aliphatic rings. The first-order chi connectivity index (χ1) is 9.46. The fourth-order valence-electron chi connectivity index (χ4n) is 6.31. The zero-order valence-corrected chi connectivity index (χ0v) is 13.0. The molecule has 106 valence electrons. The molecule has 20 heavy (non-hydrogen) atoms. The molecule has 0 aromatic heterocycles. The number of thiocarbonyl (C=S) groups is 1. The Labute approximate surface area is 126 Å².